The summed E-state index contributed by atoms with van der Waals surface area (Å²) >= 11 is 0. The van der Waals surface area contributed by atoms with Crippen molar-refractivity contribution in [1.29, 1.82) is 0 Å². The van der Waals surface area contributed by atoms with E-state index in [4.69, 9.17) is 0 Å². The largest absolute Gasteiger partial charge is 0.0547 e. The van der Waals surface area contributed by atoms with E-state index in [2.05, 4.69) is 18.2 Å². The van der Waals surface area contributed by atoms with Gasteiger partial charge in [0, 0.05) is 0 Å². The Morgan fingerprint density at radius 1 is 0.306 bits per heavy atom. The highest BCUT2D eigenvalue weighted by Gasteiger charge is 2.56. The van der Waals surface area contributed by atoms with Gasteiger partial charge in [-0.05, 0) is 202 Å². The highest BCUT2D eigenvalue weighted by Crippen LogP contribution is 2.66. The number of hydrogen-bond donors (Lipinski definition) is 0. The molecule has 0 atom stereocenters. The van der Waals surface area contributed by atoms with Crippen molar-refractivity contribution in [1.82, 2.24) is 0 Å². The van der Waals surface area contributed by atoms with E-state index >= 15 is 0 Å². The van der Waals surface area contributed by atoms with Crippen LogP contribution in [0, 0.1) is 53.3 Å². The Labute approximate surface area is 219 Å². The van der Waals surface area contributed by atoms with Gasteiger partial charge in [0.1, 0.15) is 0 Å². The highest BCUT2D eigenvalue weighted by molar-refractivity contribution is 5.45. The third-order valence-electron chi connectivity index (χ3n) is 14.9. The van der Waals surface area contributed by atoms with Crippen molar-refractivity contribution in [2.75, 3.05) is 0 Å². The molecule has 0 amide bonds. The van der Waals surface area contributed by atoms with E-state index in [9.17, 15) is 0 Å². The summed E-state index contributed by atoms with van der Waals surface area (Å²) in [5, 5.41) is 0. The molecule has 12 fully saturated rings. The monoisotopic (exact) mass is 480 g/mol. The summed E-state index contributed by atoms with van der Waals surface area (Å²) in [6.07, 6.45) is 28.1. The maximum Gasteiger partial charge on any atom is -0.00389 e. The SMILES string of the molecule is c1c(C23CC4CC(CC(C4)C2)C3)cc(C23CC4CC(CC(C4)C2)C3)cc1C12CC3CC(CC(C3)C1)C2. The first-order valence-electron chi connectivity index (χ1n) is 16.7. The van der Waals surface area contributed by atoms with Gasteiger partial charge in [-0.15, -0.1) is 0 Å². The molecule has 12 aliphatic rings. The summed E-state index contributed by atoms with van der Waals surface area (Å²) in [6, 6.07) is 8.76. The van der Waals surface area contributed by atoms with Gasteiger partial charge in [-0.3, -0.25) is 0 Å². The molecule has 0 aliphatic heterocycles. The zero-order chi connectivity index (χ0) is 23.3. The molecule has 0 saturated heterocycles. The maximum atomic E-state index is 2.92. The van der Waals surface area contributed by atoms with Crippen LogP contribution < -0.4 is 0 Å². The van der Waals surface area contributed by atoms with Crippen LogP contribution in [0.1, 0.15) is 132 Å². The van der Waals surface area contributed by atoms with E-state index in [0.717, 1.165) is 53.3 Å². The first kappa shape index (κ1) is 21.1. The molecule has 0 N–H and O–H groups in total. The quantitative estimate of drug-likeness (QED) is 0.405. The summed E-state index contributed by atoms with van der Waals surface area (Å²) in [5.74, 6) is 9.52. The molecule has 0 aromatic heterocycles. The fourth-order valence-electron chi connectivity index (χ4n) is 14.9. The summed E-state index contributed by atoms with van der Waals surface area (Å²) < 4.78 is 0. The van der Waals surface area contributed by atoms with Gasteiger partial charge < -0.3 is 0 Å². The second-order valence-corrected chi connectivity index (χ2v) is 17.4. The van der Waals surface area contributed by atoms with Crippen LogP contribution in [0.25, 0.3) is 0 Å². The lowest BCUT2D eigenvalue weighted by Crippen LogP contribution is -2.51. The van der Waals surface area contributed by atoms with E-state index < -0.39 is 0 Å². The Balaban J connectivity index is 1.14. The summed E-state index contributed by atoms with van der Waals surface area (Å²) in [5.41, 5.74) is 7.35. The van der Waals surface area contributed by atoms with E-state index in [0.29, 0.717) is 16.2 Å². The first-order valence-corrected chi connectivity index (χ1v) is 16.7. The minimum absolute atomic E-state index is 0.560. The molecule has 0 heterocycles. The van der Waals surface area contributed by atoms with Crippen LogP contribution in [0.15, 0.2) is 18.2 Å². The number of rotatable bonds is 3. The lowest BCUT2D eigenvalue weighted by molar-refractivity contribution is -0.0116. The fraction of sp³-hybridized carbons (Fsp3) is 0.833. The van der Waals surface area contributed by atoms with Crippen molar-refractivity contribution in [3.63, 3.8) is 0 Å². The van der Waals surface area contributed by atoms with Crippen LogP contribution in [-0.4, -0.2) is 0 Å². The number of hydrogen-bond acceptors (Lipinski definition) is 0. The molecule has 12 saturated carbocycles. The summed E-state index contributed by atoms with van der Waals surface area (Å²) in [6.45, 7) is 0. The average molecular weight is 481 g/mol. The van der Waals surface area contributed by atoms with Crippen molar-refractivity contribution in [2.24, 2.45) is 53.3 Å². The standard InChI is InChI=1S/C36H48/c1-22-2-24-3-23(1)14-34(13-22,15-24)31-10-32(35-16-25-4-26(17-35)6-27(5-25)18-35)12-33(11-31)36-19-28-7-29(20-36)9-30(8-28)21-36/h10-12,22-30H,1-9,13-21H2. The second kappa shape index (κ2) is 6.86. The van der Waals surface area contributed by atoms with Gasteiger partial charge in [-0.1, -0.05) is 18.2 Å². The van der Waals surface area contributed by atoms with E-state index in [1.165, 1.54) is 0 Å². The molecule has 12 aliphatic carbocycles. The van der Waals surface area contributed by atoms with E-state index in [1.54, 1.807) is 116 Å². The molecule has 36 heavy (non-hydrogen) atoms. The zero-order valence-electron chi connectivity index (χ0n) is 22.7. The molecule has 0 nitrogen and oxygen atoms in total. The van der Waals surface area contributed by atoms with Crippen LogP contribution in [0.4, 0.5) is 0 Å². The molecule has 0 unspecified atom stereocenters. The Morgan fingerprint density at radius 2 is 0.472 bits per heavy atom. The zero-order valence-corrected chi connectivity index (χ0v) is 22.7. The summed E-state index contributed by atoms with van der Waals surface area (Å²) in [4.78, 5) is 0. The Hall–Kier alpha value is -0.780. The van der Waals surface area contributed by atoms with Crippen molar-refractivity contribution in [3.8, 4) is 0 Å². The minimum atomic E-state index is 0.560. The van der Waals surface area contributed by atoms with Gasteiger partial charge >= 0.3 is 0 Å². The van der Waals surface area contributed by atoms with Crippen LogP contribution in [0.3, 0.4) is 0 Å². The lowest BCUT2D eigenvalue weighted by atomic mass is 9.45. The topological polar surface area (TPSA) is 0 Å². The van der Waals surface area contributed by atoms with Crippen molar-refractivity contribution >= 4 is 0 Å². The van der Waals surface area contributed by atoms with Gasteiger partial charge in [-0.2, -0.15) is 0 Å². The smallest absolute Gasteiger partial charge is 0.00389 e. The van der Waals surface area contributed by atoms with Gasteiger partial charge in [0.05, 0.1) is 0 Å². The third kappa shape index (κ3) is 2.84. The Morgan fingerprint density at radius 3 is 0.639 bits per heavy atom. The predicted octanol–water partition coefficient (Wildman–Crippen LogP) is 9.09. The normalized spacial score (nSPS) is 57.2. The van der Waals surface area contributed by atoms with Crippen LogP contribution in [-0.2, 0) is 16.2 Å². The maximum absolute atomic E-state index is 2.92. The number of benzene rings is 1. The molecule has 12 bridgehead atoms. The van der Waals surface area contributed by atoms with Crippen LogP contribution in [0.5, 0.6) is 0 Å². The fourth-order valence-corrected chi connectivity index (χ4v) is 14.9. The van der Waals surface area contributed by atoms with E-state index in [1.807, 2.05) is 16.7 Å². The van der Waals surface area contributed by atoms with E-state index in [-0.39, 0.29) is 0 Å². The third-order valence-corrected chi connectivity index (χ3v) is 14.9. The van der Waals surface area contributed by atoms with Crippen LogP contribution >= 0.6 is 0 Å². The van der Waals surface area contributed by atoms with Gasteiger partial charge in [-0.25, -0.2) is 0 Å². The Bertz CT molecular complexity index is 847. The predicted molar refractivity (Wildman–Crippen MR) is 146 cm³/mol. The molecule has 0 radical (unpaired) electrons. The van der Waals surface area contributed by atoms with Crippen molar-refractivity contribution < 1.29 is 0 Å². The van der Waals surface area contributed by atoms with Gasteiger partial charge in [0.25, 0.3) is 0 Å². The molecule has 13 rings (SSSR count). The molecular weight excluding hydrogens is 432 g/mol. The molecule has 0 spiro atoms. The summed E-state index contributed by atoms with van der Waals surface area (Å²) in [7, 11) is 0. The molecule has 192 valence electrons. The molecular formula is C36H48. The van der Waals surface area contributed by atoms with Gasteiger partial charge in [0.15, 0.2) is 0 Å². The van der Waals surface area contributed by atoms with Gasteiger partial charge in [0.2, 0.25) is 0 Å². The minimum Gasteiger partial charge on any atom is -0.0547 e. The molecule has 1 aromatic carbocycles. The average Bonchev–Trinajstić information content (AvgIpc) is 2.81. The second-order valence-electron chi connectivity index (χ2n) is 17.4. The van der Waals surface area contributed by atoms with Crippen molar-refractivity contribution in [3.05, 3.63) is 34.9 Å². The Kier molecular flexibility index (Phi) is 4.02. The van der Waals surface area contributed by atoms with Crippen molar-refractivity contribution in [2.45, 2.75) is 132 Å². The molecule has 0 heteroatoms. The first-order chi connectivity index (χ1) is 17.5. The van der Waals surface area contributed by atoms with Crippen LogP contribution in [0.2, 0.25) is 0 Å². The highest BCUT2D eigenvalue weighted by atomic mass is 14.6. The lowest BCUT2D eigenvalue weighted by Gasteiger charge is -2.60. The molecule has 1 aromatic rings.